The predicted molar refractivity (Wildman–Crippen MR) is 81.0 cm³/mol. The van der Waals surface area contributed by atoms with Crippen molar-refractivity contribution in [1.82, 2.24) is 4.90 Å². The summed E-state index contributed by atoms with van der Waals surface area (Å²) in [7, 11) is 0. The Bertz CT molecular complexity index is 472. The molecule has 1 aromatic rings. The lowest BCUT2D eigenvalue weighted by molar-refractivity contribution is -0.141. The topological polar surface area (TPSA) is 57.6 Å². The zero-order chi connectivity index (χ0) is 15.1. The Morgan fingerprint density at radius 2 is 1.95 bits per heavy atom. The molecule has 21 heavy (non-hydrogen) atoms. The second-order valence-corrected chi connectivity index (χ2v) is 5.65. The first-order valence-corrected chi connectivity index (χ1v) is 7.72. The molecule has 1 aliphatic rings. The molecule has 0 bridgehead atoms. The molecule has 1 heterocycles. The standard InChI is InChI=1S/C17H23NO3/c19-16(11-12-17(20)21)18-13-5-10-15(18)9-4-8-14-6-2-1-3-7-14/h1-3,6-7,15H,4-5,8-13H2,(H,20,21). The molecule has 4 nitrogen and oxygen atoms in total. The van der Waals surface area contributed by atoms with Gasteiger partial charge in [-0.3, -0.25) is 9.59 Å². The van der Waals surface area contributed by atoms with Gasteiger partial charge < -0.3 is 10.0 Å². The van der Waals surface area contributed by atoms with Crippen LogP contribution in [0, 0.1) is 0 Å². The summed E-state index contributed by atoms with van der Waals surface area (Å²) in [6.45, 7) is 0.786. The highest BCUT2D eigenvalue weighted by Crippen LogP contribution is 2.23. The highest BCUT2D eigenvalue weighted by molar-refractivity contribution is 5.81. The molecule has 0 spiro atoms. The first-order valence-electron chi connectivity index (χ1n) is 7.72. The summed E-state index contributed by atoms with van der Waals surface area (Å²) in [6, 6.07) is 10.7. The number of likely N-dealkylation sites (tertiary alicyclic amines) is 1. The lowest BCUT2D eigenvalue weighted by Crippen LogP contribution is -2.35. The third kappa shape index (κ3) is 4.88. The van der Waals surface area contributed by atoms with E-state index in [2.05, 4.69) is 12.1 Å². The number of carboxylic acids is 1. The van der Waals surface area contributed by atoms with Crippen LogP contribution in [-0.4, -0.2) is 34.5 Å². The molecular formula is C17H23NO3. The van der Waals surface area contributed by atoms with Crippen molar-refractivity contribution >= 4 is 11.9 Å². The Balaban J connectivity index is 1.76. The summed E-state index contributed by atoms with van der Waals surface area (Å²) in [4.78, 5) is 24.5. The molecule has 1 aromatic carbocycles. The fourth-order valence-corrected chi connectivity index (χ4v) is 3.01. The van der Waals surface area contributed by atoms with Crippen LogP contribution in [0.3, 0.4) is 0 Å². The number of carbonyl (C=O) groups is 2. The van der Waals surface area contributed by atoms with E-state index in [1.54, 1.807) is 0 Å². The summed E-state index contributed by atoms with van der Waals surface area (Å²) in [6.07, 6.45) is 5.26. The minimum Gasteiger partial charge on any atom is -0.481 e. The number of hydrogen-bond acceptors (Lipinski definition) is 2. The summed E-state index contributed by atoms with van der Waals surface area (Å²) in [5, 5.41) is 8.67. The van der Waals surface area contributed by atoms with Crippen molar-refractivity contribution in [3.63, 3.8) is 0 Å². The van der Waals surface area contributed by atoms with Gasteiger partial charge in [0.1, 0.15) is 0 Å². The predicted octanol–water partition coefficient (Wildman–Crippen LogP) is 2.87. The normalized spacial score (nSPS) is 17.9. The Kier molecular flexibility index (Phi) is 5.78. The van der Waals surface area contributed by atoms with E-state index in [4.69, 9.17) is 5.11 Å². The van der Waals surface area contributed by atoms with E-state index < -0.39 is 5.97 Å². The Labute approximate surface area is 125 Å². The summed E-state index contributed by atoms with van der Waals surface area (Å²) >= 11 is 0. The van der Waals surface area contributed by atoms with Crippen molar-refractivity contribution in [2.75, 3.05) is 6.54 Å². The molecule has 0 aliphatic carbocycles. The molecule has 1 unspecified atom stereocenters. The maximum absolute atomic E-state index is 12.1. The largest absolute Gasteiger partial charge is 0.481 e. The average molecular weight is 289 g/mol. The summed E-state index contributed by atoms with van der Waals surface area (Å²) < 4.78 is 0. The lowest BCUT2D eigenvalue weighted by Gasteiger charge is -2.24. The number of carbonyl (C=O) groups excluding carboxylic acids is 1. The highest BCUT2D eigenvalue weighted by atomic mass is 16.4. The number of nitrogens with zero attached hydrogens (tertiary/aromatic N) is 1. The number of amides is 1. The van der Waals surface area contributed by atoms with Crippen LogP contribution in [0.2, 0.25) is 0 Å². The smallest absolute Gasteiger partial charge is 0.303 e. The number of aryl methyl sites for hydroxylation is 1. The van der Waals surface area contributed by atoms with Crippen molar-refractivity contribution in [1.29, 1.82) is 0 Å². The maximum atomic E-state index is 12.1. The van der Waals surface area contributed by atoms with Crippen LogP contribution >= 0.6 is 0 Å². The van der Waals surface area contributed by atoms with Crippen LogP contribution in [0.15, 0.2) is 30.3 Å². The molecule has 2 rings (SSSR count). The Morgan fingerprint density at radius 3 is 2.67 bits per heavy atom. The van der Waals surface area contributed by atoms with Gasteiger partial charge >= 0.3 is 5.97 Å². The third-order valence-corrected chi connectivity index (χ3v) is 4.10. The maximum Gasteiger partial charge on any atom is 0.303 e. The van der Waals surface area contributed by atoms with Gasteiger partial charge in [0.15, 0.2) is 0 Å². The van der Waals surface area contributed by atoms with Gasteiger partial charge in [0.2, 0.25) is 5.91 Å². The monoisotopic (exact) mass is 289 g/mol. The Hall–Kier alpha value is -1.84. The average Bonchev–Trinajstić information content (AvgIpc) is 2.94. The van der Waals surface area contributed by atoms with E-state index in [1.165, 1.54) is 5.56 Å². The van der Waals surface area contributed by atoms with Crippen LogP contribution < -0.4 is 0 Å². The molecule has 4 heteroatoms. The van der Waals surface area contributed by atoms with Crippen molar-refractivity contribution < 1.29 is 14.7 Å². The van der Waals surface area contributed by atoms with E-state index in [0.29, 0.717) is 6.04 Å². The first kappa shape index (κ1) is 15.5. The van der Waals surface area contributed by atoms with Gasteiger partial charge in [0.05, 0.1) is 6.42 Å². The molecular weight excluding hydrogens is 266 g/mol. The van der Waals surface area contributed by atoms with Gasteiger partial charge in [0, 0.05) is 19.0 Å². The molecule has 1 atom stereocenters. The fraction of sp³-hybridized carbons (Fsp3) is 0.529. The van der Waals surface area contributed by atoms with Crippen LogP contribution in [0.25, 0.3) is 0 Å². The van der Waals surface area contributed by atoms with E-state index >= 15 is 0 Å². The van der Waals surface area contributed by atoms with Crippen LogP contribution in [-0.2, 0) is 16.0 Å². The van der Waals surface area contributed by atoms with E-state index in [9.17, 15) is 9.59 Å². The molecule has 1 N–H and O–H groups in total. The van der Waals surface area contributed by atoms with E-state index in [-0.39, 0.29) is 18.7 Å². The first-order chi connectivity index (χ1) is 10.2. The molecule has 1 fully saturated rings. The minimum atomic E-state index is -0.900. The van der Waals surface area contributed by atoms with Gasteiger partial charge in [-0.25, -0.2) is 0 Å². The lowest BCUT2D eigenvalue weighted by atomic mass is 10.0. The van der Waals surface area contributed by atoms with Crippen molar-refractivity contribution in [2.24, 2.45) is 0 Å². The number of carboxylic acid groups (broad SMARTS) is 1. The van der Waals surface area contributed by atoms with Gasteiger partial charge in [-0.2, -0.15) is 0 Å². The van der Waals surface area contributed by atoms with Gasteiger partial charge in [0.25, 0.3) is 0 Å². The molecule has 0 radical (unpaired) electrons. The number of hydrogen-bond donors (Lipinski definition) is 1. The number of aliphatic carboxylic acids is 1. The van der Waals surface area contributed by atoms with Crippen LogP contribution in [0.5, 0.6) is 0 Å². The van der Waals surface area contributed by atoms with Gasteiger partial charge in [-0.15, -0.1) is 0 Å². The molecule has 1 saturated heterocycles. The SMILES string of the molecule is O=C(O)CCC(=O)N1CCCC1CCCc1ccccc1. The number of benzene rings is 1. The second kappa shape index (κ2) is 7.81. The third-order valence-electron chi connectivity index (χ3n) is 4.10. The van der Waals surface area contributed by atoms with E-state index in [1.807, 2.05) is 23.1 Å². The molecule has 1 aliphatic heterocycles. The summed E-state index contributed by atoms with van der Waals surface area (Å²) in [5.41, 5.74) is 1.33. The Morgan fingerprint density at radius 1 is 1.19 bits per heavy atom. The van der Waals surface area contributed by atoms with Gasteiger partial charge in [-0.1, -0.05) is 30.3 Å². The zero-order valence-corrected chi connectivity index (χ0v) is 12.3. The number of rotatable bonds is 7. The highest BCUT2D eigenvalue weighted by Gasteiger charge is 2.28. The second-order valence-electron chi connectivity index (χ2n) is 5.65. The van der Waals surface area contributed by atoms with Crippen LogP contribution in [0.1, 0.15) is 44.1 Å². The molecule has 114 valence electrons. The fourth-order valence-electron chi connectivity index (χ4n) is 3.01. The van der Waals surface area contributed by atoms with Crippen molar-refractivity contribution in [3.8, 4) is 0 Å². The van der Waals surface area contributed by atoms with Crippen LogP contribution in [0.4, 0.5) is 0 Å². The molecule has 1 amide bonds. The quantitative estimate of drug-likeness (QED) is 0.839. The molecule has 0 aromatic heterocycles. The van der Waals surface area contributed by atoms with E-state index in [0.717, 1.165) is 38.6 Å². The zero-order valence-electron chi connectivity index (χ0n) is 12.3. The van der Waals surface area contributed by atoms with Crippen molar-refractivity contribution in [2.45, 2.75) is 51.0 Å². The van der Waals surface area contributed by atoms with Crippen molar-refractivity contribution in [3.05, 3.63) is 35.9 Å². The summed E-state index contributed by atoms with van der Waals surface area (Å²) in [5.74, 6) is -0.900. The van der Waals surface area contributed by atoms with Gasteiger partial charge in [-0.05, 0) is 37.7 Å². The minimum absolute atomic E-state index is 0.000360. The molecule has 0 saturated carbocycles.